The van der Waals surface area contributed by atoms with Crippen LogP contribution in [0.1, 0.15) is 19.4 Å². The Balaban J connectivity index is 2.09. The zero-order valence-corrected chi connectivity index (χ0v) is 16.7. The van der Waals surface area contributed by atoms with Crippen molar-refractivity contribution in [3.8, 4) is 0 Å². The number of primary amides is 1. The number of benzene rings is 1. The molecule has 1 aromatic carbocycles. The van der Waals surface area contributed by atoms with Crippen molar-refractivity contribution in [3.05, 3.63) is 35.6 Å². The van der Waals surface area contributed by atoms with Crippen molar-refractivity contribution in [2.24, 2.45) is 28.5 Å². The zero-order valence-electron chi connectivity index (χ0n) is 16.7. The van der Waals surface area contributed by atoms with Gasteiger partial charge in [-0.1, -0.05) is 19.1 Å². The molecule has 1 heterocycles. The van der Waals surface area contributed by atoms with Crippen molar-refractivity contribution in [1.82, 2.24) is 10.2 Å². The van der Waals surface area contributed by atoms with E-state index in [1.165, 1.54) is 19.2 Å². The number of methoxy groups -OCH3 is 1. The highest BCUT2D eigenvalue weighted by Gasteiger charge is 2.37. The van der Waals surface area contributed by atoms with Gasteiger partial charge in [0.15, 0.2) is 5.96 Å². The predicted octanol–water partition coefficient (Wildman–Crippen LogP) is 1.18. The second kappa shape index (κ2) is 10.1. The van der Waals surface area contributed by atoms with Crippen LogP contribution in [0.2, 0.25) is 0 Å². The number of halogens is 1. The molecule has 2 rings (SSSR count). The predicted molar refractivity (Wildman–Crippen MR) is 105 cm³/mol. The lowest BCUT2D eigenvalue weighted by Crippen LogP contribution is -2.41. The Labute approximate surface area is 165 Å². The first-order valence-corrected chi connectivity index (χ1v) is 9.50. The number of amides is 1. The Morgan fingerprint density at radius 1 is 1.36 bits per heavy atom. The monoisotopic (exact) mass is 392 g/mol. The third-order valence-electron chi connectivity index (χ3n) is 5.01. The van der Waals surface area contributed by atoms with Gasteiger partial charge in [0.05, 0.1) is 25.5 Å². The minimum Gasteiger partial charge on any atom is -0.469 e. The largest absolute Gasteiger partial charge is 0.469 e. The van der Waals surface area contributed by atoms with E-state index < -0.39 is 11.8 Å². The van der Waals surface area contributed by atoms with Gasteiger partial charge in [-0.2, -0.15) is 0 Å². The number of carbonyl (C=O) groups excluding carboxylic acids is 2. The molecule has 0 spiro atoms. The fourth-order valence-corrected chi connectivity index (χ4v) is 3.38. The number of nitrogens with one attached hydrogen (secondary N) is 1. The first-order chi connectivity index (χ1) is 13.3. The van der Waals surface area contributed by atoms with E-state index in [4.69, 9.17) is 10.5 Å². The van der Waals surface area contributed by atoms with Gasteiger partial charge in [-0.3, -0.25) is 14.6 Å². The van der Waals surface area contributed by atoms with Crippen LogP contribution in [0, 0.1) is 23.6 Å². The molecule has 7 nitrogen and oxygen atoms in total. The molecule has 28 heavy (non-hydrogen) atoms. The molecule has 1 aliphatic rings. The van der Waals surface area contributed by atoms with Crippen molar-refractivity contribution in [2.45, 2.75) is 20.3 Å². The first-order valence-electron chi connectivity index (χ1n) is 9.50. The van der Waals surface area contributed by atoms with E-state index in [2.05, 4.69) is 10.3 Å². The lowest BCUT2D eigenvalue weighted by atomic mass is 9.99. The lowest BCUT2D eigenvalue weighted by Gasteiger charge is -2.22. The summed E-state index contributed by atoms with van der Waals surface area (Å²) in [6, 6.07) is 6.01. The van der Waals surface area contributed by atoms with Crippen molar-refractivity contribution in [2.75, 3.05) is 33.3 Å². The van der Waals surface area contributed by atoms with E-state index in [0.29, 0.717) is 32.0 Å². The third kappa shape index (κ3) is 5.68. The Kier molecular flexibility index (Phi) is 7.78. The van der Waals surface area contributed by atoms with Crippen molar-refractivity contribution in [3.63, 3.8) is 0 Å². The molecule has 154 valence electrons. The van der Waals surface area contributed by atoms with Crippen molar-refractivity contribution in [1.29, 1.82) is 0 Å². The SMILES string of the molecule is CCNC(=NCC(Cc1ccc(F)cc1)C(N)=O)N1CC(C)C(C(=O)OC)C1. The second-order valence-electron chi connectivity index (χ2n) is 7.14. The van der Waals surface area contributed by atoms with Gasteiger partial charge in [-0.15, -0.1) is 0 Å². The smallest absolute Gasteiger partial charge is 0.310 e. The molecule has 3 unspecified atom stereocenters. The van der Waals surface area contributed by atoms with Crippen LogP contribution in [0.15, 0.2) is 29.3 Å². The van der Waals surface area contributed by atoms with Crippen LogP contribution in [0.5, 0.6) is 0 Å². The molecule has 1 aromatic rings. The average Bonchev–Trinajstić information content (AvgIpc) is 3.06. The molecule has 8 heteroatoms. The van der Waals surface area contributed by atoms with E-state index >= 15 is 0 Å². The standard InChI is InChI=1S/C20H29FN4O3/c1-4-23-20(25-11-13(2)17(12-25)19(27)28-3)24-10-15(18(22)26)9-14-5-7-16(21)8-6-14/h5-8,13,15,17H,4,9-12H2,1-3H3,(H2,22,26)(H,23,24). The van der Waals surface area contributed by atoms with Crippen LogP contribution in [0.4, 0.5) is 4.39 Å². The molecule has 1 saturated heterocycles. The van der Waals surface area contributed by atoms with E-state index in [-0.39, 0.29) is 30.2 Å². The molecule has 0 aliphatic carbocycles. The fourth-order valence-electron chi connectivity index (χ4n) is 3.38. The molecule has 1 aliphatic heterocycles. The maximum absolute atomic E-state index is 13.1. The Morgan fingerprint density at radius 2 is 2.04 bits per heavy atom. The number of rotatable bonds is 7. The summed E-state index contributed by atoms with van der Waals surface area (Å²) in [5.41, 5.74) is 6.38. The summed E-state index contributed by atoms with van der Waals surface area (Å²) in [4.78, 5) is 30.4. The molecule has 1 amide bonds. The van der Waals surface area contributed by atoms with Crippen LogP contribution >= 0.6 is 0 Å². The number of carbonyl (C=O) groups is 2. The minimum absolute atomic E-state index is 0.141. The number of nitrogens with two attached hydrogens (primary N) is 1. The summed E-state index contributed by atoms with van der Waals surface area (Å²) in [5.74, 6) is -0.928. The van der Waals surface area contributed by atoms with Gasteiger partial charge in [-0.25, -0.2) is 4.39 Å². The van der Waals surface area contributed by atoms with Crippen LogP contribution in [-0.2, 0) is 20.7 Å². The molecular weight excluding hydrogens is 363 g/mol. The van der Waals surface area contributed by atoms with Gasteiger partial charge in [-0.05, 0) is 37.0 Å². The average molecular weight is 392 g/mol. The quantitative estimate of drug-likeness (QED) is 0.413. The van der Waals surface area contributed by atoms with Gasteiger partial charge >= 0.3 is 5.97 Å². The molecule has 3 N–H and O–H groups in total. The Hall–Kier alpha value is -2.64. The molecule has 0 saturated carbocycles. The Morgan fingerprint density at radius 3 is 2.61 bits per heavy atom. The maximum atomic E-state index is 13.1. The van der Waals surface area contributed by atoms with Gasteiger partial charge in [0.2, 0.25) is 5.91 Å². The van der Waals surface area contributed by atoms with Gasteiger partial charge in [0.1, 0.15) is 5.82 Å². The molecule has 3 atom stereocenters. The topological polar surface area (TPSA) is 97.0 Å². The van der Waals surface area contributed by atoms with Crippen molar-refractivity contribution < 1.29 is 18.7 Å². The van der Waals surface area contributed by atoms with Gasteiger partial charge in [0, 0.05) is 19.6 Å². The number of hydrogen-bond donors (Lipinski definition) is 2. The normalized spacial score (nSPS) is 20.7. The molecular formula is C20H29FN4O3. The highest BCUT2D eigenvalue weighted by atomic mass is 19.1. The number of aliphatic imine (C=N–C) groups is 1. The van der Waals surface area contributed by atoms with Crippen LogP contribution in [0.25, 0.3) is 0 Å². The first kappa shape index (κ1) is 21.7. The van der Waals surface area contributed by atoms with E-state index in [0.717, 1.165) is 5.56 Å². The summed E-state index contributed by atoms with van der Waals surface area (Å²) in [5, 5.41) is 3.21. The molecule has 0 radical (unpaired) electrons. The third-order valence-corrected chi connectivity index (χ3v) is 5.01. The number of ether oxygens (including phenoxy) is 1. The number of guanidine groups is 1. The van der Waals surface area contributed by atoms with E-state index in [9.17, 15) is 14.0 Å². The highest BCUT2D eigenvalue weighted by Crippen LogP contribution is 2.24. The van der Waals surface area contributed by atoms with Crippen LogP contribution in [0.3, 0.4) is 0 Å². The molecule has 0 bridgehead atoms. The van der Waals surface area contributed by atoms with Gasteiger partial charge in [0.25, 0.3) is 0 Å². The van der Waals surface area contributed by atoms with Crippen LogP contribution in [-0.4, -0.2) is 56.0 Å². The minimum atomic E-state index is -0.504. The number of likely N-dealkylation sites (tertiary alicyclic amines) is 1. The maximum Gasteiger partial charge on any atom is 0.310 e. The van der Waals surface area contributed by atoms with Crippen LogP contribution < -0.4 is 11.1 Å². The summed E-state index contributed by atoms with van der Waals surface area (Å²) < 4.78 is 18.0. The number of hydrogen-bond acceptors (Lipinski definition) is 4. The summed E-state index contributed by atoms with van der Waals surface area (Å²) in [6.45, 7) is 6.01. The Bertz CT molecular complexity index is 708. The number of esters is 1. The molecule has 0 aromatic heterocycles. The highest BCUT2D eigenvalue weighted by molar-refractivity contribution is 5.83. The number of nitrogens with zero attached hydrogens (tertiary/aromatic N) is 2. The fraction of sp³-hybridized carbons (Fsp3) is 0.550. The second-order valence-corrected chi connectivity index (χ2v) is 7.14. The summed E-state index contributed by atoms with van der Waals surface area (Å²) in [7, 11) is 1.39. The lowest BCUT2D eigenvalue weighted by molar-refractivity contribution is -0.146. The molecule has 1 fully saturated rings. The summed E-state index contributed by atoms with van der Waals surface area (Å²) >= 11 is 0. The van der Waals surface area contributed by atoms with E-state index in [1.807, 2.05) is 18.7 Å². The van der Waals surface area contributed by atoms with Crippen molar-refractivity contribution >= 4 is 17.8 Å². The summed E-state index contributed by atoms with van der Waals surface area (Å²) in [6.07, 6.45) is 0.389. The van der Waals surface area contributed by atoms with Gasteiger partial charge < -0.3 is 20.7 Å². The van der Waals surface area contributed by atoms with E-state index in [1.54, 1.807) is 12.1 Å². The zero-order chi connectivity index (χ0) is 20.7.